The number of aliphatic hydroxyl groups excluding tert-OH is 4. The molecule has 0 bridgehead atoms. The molecule has 0 aromatic carbocycles. The van der Waals surface area contributed by atoms with Gasteiger partial charge in [0.05, 0.1) is 30.4 Å². The first-order valence-electron chi connectivity index (χ1n) is 8.42. The summed E-state index contributed by atoms with van der Waals surface area (Å²) in [5.74, 6) is -2.74. The molecule has 5 N–H and O–H groups in total. The van der Waals surface area contributed by atoms with Gasteiger partial charge in [0.15, 0.2) is 6.29 Å². The maximum Gasteiger partial charge on any atom is 0.207 e. The van der Waals surface area contributed by atoms with Gasteiger partial charge in [-0.25, -0.2) is 0 Å². The third-order valence-corrected chi connectivity index (χ3v) is 5.49. The van der Waals surface area contributed by atoms with Crippen molar-refractivity contribution in [2.24, 2.45) is 11.8 Å². The van der Waals surface area contributed by atoms with Crippen LogP contribution in [0.1, 0.15) is 19.8 Å². The van der Waals surface area contributed by atoms with Crippen molar-refractivity contribution in [3.05, 3.63) is 11.8 Å². The summed E-state index contributed by atoms with van der Waals surface area (Å²) >= 11 is 0. The average molecular weight is 375 g/mol. The predicted octanol–water partition coefficient (Wildman–Crippen LogP) is -3.43. The van der Waals surface area contributed by atoms with Crippen molar-refractivity contribution in [3.8, 4) is 0 Å². The molecule has 2 heterocycles. The van der Waals surface area contributed by atoms with Gasteiger partial charge >= 0.3 is 0 Å². The van der Waals surface area contributed by atoms with Gasteiger partial charge in [-0.05, 0) is 19.8 Å². The van der Waals surface area contributed by atoms with Crippen molar-refractivity contribution < 1.29 is 49.6 Å². The zero-order valence-electron chi connectivity index (χ0n) is 14.1. The smallest absolute Gasteiger partial charge is 0.207 e. The number of carbonyl (C=O) groups is 1. The summed E-state index contributed by atoms with van der Waals surface area (Å²) in [4.78, 5) is 11.3. The van der Waals surface area contributed by atoms with Crippen molar-refractivity contribution in [3.63, 3.8) is 0 Å². The highest BCUT2D eigenvalue weighted by molar-refractivity contribution is 5.85. The second-order valence-electron chi connectivity index (χ2n) is 7.23. The fourth-order valence-electron chi connectivity index (χ4n) is 4.00. The van der Waals surface area contributed by atoms with Crippen LogP contribution in [0.5, 0.6) is 0 Å². The van der Waals surface area contributed by atoms with Gasteiger partial charge in [-0.15, -0.1) is 0 Å². The largest absolute Gasteiger partial charge is 0.545 e. The molecule has 3 aliphatic rings. The topological polar surface area (TPSA) is 169 Å². The van der Waals surface area contributed by atoms with Crippen molar-refractivity contribution >= 4 is 5.97 Å². The quantitative estimate of drug-likeness (QED) is 0.333. The molecule has 0 radical (unpaired) electrons. The number of carboxylic acids is 1. The van der Waals surface area contributed by atoms with Crippen LogP contribution in [0, 0.1) is 11.8 Å². The zero-order chi connectivity index (χ0) is 19.2. The molecule has 10 nitrogen and oxygen atoms in total. The Morgan fingerprint density at radius 3 is 2.62 bits per heavy atom. The molecule has 0 unspecified atom stereocenters. The second kappa shape index (κ2) is 7.04. The number of carbonyl (C=O) groups excluding carboxylic acids is 1. The van der Waals surface area contributed by atoms with Crippen LogP contribution in [0.3, 0.4) is 0 Å². The molecule has 1 saturated carbocycles. The van der Waals surface area contributed by atoms with E-state index < -0.39 is 67.0 Å². The Bertz CT molecular complexity index is 573. The van der Waals surface area contributed by atoms with Gasteiger partial charge < -0.3 is 49.6 Å². The number of aliphatic hydroxyl groups is 5. The Kier molecular flexibility index (Phi) is 5.28. The Labute approximate surface area is 149 Å². The van der Waals surface area contributed by atoms with Crippen molar-refractivity contribution in [2.45, 2.75) is 62.4 Å². The first-order valence-corrected chi connectivity index (χ1v) is 8.42. The molecule has 2 fully saturated rings. The van der Waals surface area contributed by atoms with Crippen molar-refractivity contribution in [1.82, 2.24) is 0 Å². The Hall–Kier alpha value is -1.27. The average Bonchev–Trinajstić information content (AvgIpc) is 2.91. The number of carboxylic acid groups (broad SMARTS) is 1. The van der Waals surface area contributed by atoms with Crippen LogP contribution in [-0.4, -0.2) is 80.7 Å². The van der Waals surface area contributed by atoms with Crippen LogP contribution in [0.25, 0.3) is 0 Å². The molecule has 10 heteroatoms. The van der Waals surface area contributed by atoms with Gasteiger partial charge in [0, 0.05) is 11.5 Å². The summed E-state index contributed by atoms with van der Waals surface area (Å²) in [6.45, 7) is 0.914. The third-order valence-electron chi connectivity index (χ3n) is 5.49. The Morgan fingerprint density at radius 2 is 2.00 bits per heavy atom. The maximum absolute atomic E-state index is 11.3. The lowest BCUT2D eigenvalue weighted by molar-refractivity contribution is -0.347. The van der Waals surface area contributed by atoms with Crippen molar-refractivity contribution in [1.29, 1.82) is 0 Å². The minimum Gasteiger partial charge on any atom is -0.545 e. The van der Waals surface area contributed by atoms with Crippen molar-refractivity contribution in [2.75, 3.05) is 6.61 Å². The zero-order valence-corrected chi connectivity index (χ0v) is 14.1. The Balaban J connectivity index is 1.81. The highest BCUT2D eigenvalue weighted by atomic mass is 16.8. The lowest BCUT2D eigenvalue weighted by Crippen LogP contribution is -2.60. The lowest BCUT2D eigenvalue weighted by atomic mass is 9.81. The van der Waals surface area contributed by atoms with E-state index in [1.54, 1.807) is 0 Å². The van der Waals surface area contributed by atoms with E-state index in [2.05, 4.69) is 0 Å². The van der Waals surface area contributed by atoms with Gasteiger partial charge in [-0.1, -0.05) is 0 Å². The molecule has 9 atom stereocenters. The minimum atomic E-state index is -1.63. The fourth-order valence-corrected chi connectivity index (χ4v) is 4.00. The molecular weight excluding hydrogens is 352 g/mol. The van der Waals surface area contributed by atoms with Crippen LogP contribution >= 0.6 is 0 Å². The molecule has 1 aliphatic carbocycles. The summed E-state index contributed by atoms with van der Waals surface area (Å²) < 4.78 is 16.2. The minimum absolute atomic E-state index is 0.0820. The first-order chi connectivity index (χ1) is 12.2. The van der Waals surface area contributed by atoms with Crippen LogP contribution in [0.15, 0.2) is 11.8 Å². The van der Waals surface area contributed by atoms with Gasteiger partial charge in [0.2, 0.25) is 6.29 Å². The molecule has 0 amide bonds. The van der Waals surface area contributed by atoms with E-state index in [1.807, 2.05) is 0 Å². The first kappa shape index (κ1) is 19.5. The van der Waals surface area contributed by atoms with E-state index in [1.165, 1.54) is 6.92 Å². The molecule has 26 heavy (non-hydrogen) atoms. The molecule has 0 aromatic rings. The number of aliphatic carboxylic acids is 1. The van der Waals surface area contributed by atoms with Crippen LogP contribution in [0.2, 0.25) is 0 Å². The molecule has 2 aliphatic heterocycles. The van der Waals surface area contributed by atoms with E-state index in [0.717, 1.165) is 6.26 Å². The highest BCUT2D eigenvalue weighted by Gasteiger charge is 2.55. The predicted molar refractivity (Wildman–Crippen MR) is 79.7 cm³/mol. The fraction of sp³-hybridized carbons (Fsp3) is 0.812. The summed E-state index contributed by atoms with van der Waals surface area (Å²) in [7, 11) is 0. The van der Waals surface area contributed by atoms with Crippen LogP contribution in [-0.2, 0) is 19.0 Å². The standard InChI is InChI=1S/C16H24O10/c1-16(23)3-2-6-7(13(21)22)5-24-14(9(6)16)26-15-12(20)11(19)10(18)8(4-17)25-15/h5-6,8-12,14-15,17-20,23H,2-4H2,1H3,(H,21,22)/p-1/t6-,8+,9-,10+,11-,12+,14-,15-,16+/m0/s1. The molecular formula is C16H23O10-. The SMILES string of the molecule is C[C@@]1(O)CC[C@H]2C(C(=O)[O-])=CO[C@@H](O[C@@H]3O[C@H](CO)[C@@H](O)[C@H](O)[C@H]3O)[C@H]21. The van der Waals surface area contributed by atoms with E-state index in [-0.39, 0.29) is 5.57 Å². The number of hydrogen-bond acceptors (Lipinski definition) is 10. The summed E-state index contributed by atoms with van der Waals surface area (Å²) in [5, 5.41) is 60.9. The van der Waals surface area contributed by atoms with Gasteiger partial charge in [0.1, 0.15) is 24.4 Å². The highest BCUT2D eigenvalue weighted by Crippen LogP contribution is 2.49. The molecule has 1 saturated heterocycles. The third kappa shape index (κ3) is 3.22. The molecule has 0 aromatic heterocycles. The number of fused-ring (bicyclic) bond motifs is 1. The van der Waals surface area contributed by atoms with Gasteiger partial charge in [-0.3, -0.25) is 0 Å². The summed E-state index contributed by atoms with van der Waals surface area (Å²) in [6, 6.07) is 0. The molecule has 3 rings (SSSR count). The lowest BCUT2D eigenvalue weighted by Gasteiger charge is -2.44. The summed E-state index contributed by atoms with van der Waals surface area (Å²) in [6.07, 6.45) is -6.87. The monoisotopic (exact) mass is 375 g/mol. The summed E-state index contributed by atoms with van der Waals surface area (Å²) in [5.41, 5.74) is -1.38. The van der Waals surface area contributed by atoms with E-state index >= 15 is 0 Å². The van der Waals surface area contributed by atoms with Crippen LogP contribution < -0.4 is 5.11 Å². The van der Waals surface area contributed by atoms with Gasteiger partial charge in [0.25, 0.3) is 0 Å². The molecule has 148 valence electrons. The normalized spacial score (nSPS) is 48.5. The van der Waals surface area contributed by atoms with Crippen LogP contribution in [0.4, 0.5) is 0 Å². The van der Waals surface area contributed by atoms with Gasteiger partial charge in [-0.2, -0.15) is 0 Å². The van der Waals surface area contributed by atoms with E-state index in [0.29, 0.717) is 12.8 Å². The van der Waals surface area contributed by atoms with E-state index in [9.17, 15) is 35.4 Å². The van der Waals surface area contributed by atoms with E-state index in [4.69, 9.17) is 14.2 Å². The maximum atomic E-state index is 11.3. The molecule has 0 spiro atoms. The number of rotatable bonds is 4. The second-order valence-corrected chi connectivity index (χ2v) is 7.23. The number of ether oxygens (including phenoxy) is 3. The Morgan fingerprint density at radius 1 is 1.31 bits per heavy atom. The number of hydrogen-bond donors (Lipinski definition) is 5.